The summed E-state index contributed by atoms with van der Waals surface area (Å²) in [4.78, 5) is 26.1. The molecule has 0 fully saturated rings. The van der Waals surface area contributed by atoms with Gasteiger partial charge < -0.3 is 16.0 Å². The second-order valence-electron chi connectivity index (χ2n) is 5.46. The molecule has 3 N–H and O–H groups in total. The van der Waals surface area contributed by atoms with Gasteiger partial charge in [0.05, 0.1) is 0 Å². The van der Waals surface area contributed by atoms with Gasteiger partial charge in [-0.2, -0.15) is 11.3 Å². The fourth-order valence-electron chi connectivity index (χ4n) is 2.31. The van der Waals surface area contributed by atoms with E-state index in [2.05, 4.69) is 5.32 Å². The molecule has 0 aliphatic heterocycles. The van der Waals surface area contributed by atoms with Gasteiger partial charge in [-0.25, -0.2) is 0 Å². The molecule has 0 unspecified atom stereocenters. The highest BCUT2D eigenvalue weighted by Gasteiger charge is 2.14. The molecule has 1 heterocycles. The van der Waals surface area contributed by atoms with Gasteiger partial charge in [0.1, 0.15) is 0 Å². The molecule has 0 spiro atoms. The number of amides is 2. The van der Waals surface area contributed by atoms with Crippen molar-refractivity contribution < 1.29 is 9.59 Å². The predicted octanol–water partition coefficient (Wildman–Crippen LogP) is 2.25. The maximum absolute atomic E-state index is 12.5. The van der Waals surface area contributed by atoms with Crippen molar-refractivity contribution in [3.63, 3.8) is 0 Å². The van der Waals surface area contributed by atoms with E-state index in [1.807, 2.05) is 35.7 Å². The van der Waals surface area contributed by atoms with Crippen LogP contribution in [0.2, 0.25) is 0 Å². The first kappa shape index (κ1) is 18.2. The summed E-state index contributed by atoms with van der Waals surface area (Å²) in [6.45, 7) is 2.08. The van der Waals surface area contributed by atoms with E-state index in [4.69, 9.17) is 5.73 Å². The molecular weight excluding hydrogens is 322 g/mol. The summed E-state index contributed by atoms with van der Waals surface area (Å²) in [6.07, 6.45) is 1.05. The molecule has 0 saturated heterocycles. The first-order valence-corrected chi connectivity index (χ1v) is 8.97. The quantitative estimate of drug-likeness (QED) is 0.732. The van der Waals surface area contributed by atoms with E-state index in [1.165, 1.54) is 11.3 Å². The highest BCUT2D eigenvalue weighted by molar-refractivity contribution is 7.08. The molecule has 0 bridgehead atoms. The Bertz CT molecular complexity index is 629. The van der Waals surface area contributed by atoms with E-state index in [-0.39, 0.29) is 18.2 Å². The molecule has 0 saturated carbocycles. The van der Waals surface area contributed by atoms with Gasteiger partial charge in [-0.05, 0) is 30.0 Å². The van der Waals surface area contributed by atoms with Gasteiger partial charge in [0.25, 0.3) is 5.91 Å². The van der Waals surface area contributed by atoms with Crippen molar-refractivity contribution in [2.75, 3.05) is 19.6 Å². The molecule has 0 atom stereocenters. The highest BCUT2D eigenvalue weighted by Crippen LogP contribution is 2.08. The summed E-state index contributed by atoms with van der Waals surface area (Å²) < 4.78 is 0. The standard InChI is InChI=1S/C18H23N3O2S/c19-9-4-11-21(13-15-5-2-1-3-6-15)17(22)7-10-20-18(23)16-8-12-24-14-16/h1-3,5-6,8,12,14H,4,7,9-11,13,19H2,(H,20,23). The second kappa shape index (κ2) is 9.85. The van der Waals surface area contributed by atoms with Crippen LogP contribution in [0.25, 0.3) is 0 Å². The summed E-state index contributed by atoms with van der Waals surface area (Å²) >= 11 is 1.48. The summed E-state index contributed by atoms with van der Waals surface area (Å²) in [5, 5.41) is 6.43. The topological polar surface area (TPSA) is 75.4 Å². The Balaban J connectivity index is 1.84. The number of hydrogen-bond acceptors (Lipinski definition) is 4. The zero-order valence-electron chi connectivity index (χ0n) is 13.6. The molecule has 2 amide bonds. The van der Waals surface area contributed by atoms with Gasteiger partial charge in [-0.3, -0.25) is 9.59 Å². The minimum absolute atomic E-state index is 0.0259. The van der Waals surface area contributed by atoms with Crippen LogP contribution in [0.4, 0.5) is 0 Å². The third kappa shape index (κ3) is 5.79. The first-order chi connectivity index (χ1) is 11.7. The number of nitrogens with zero attached hydrogens (tertiary/aromatic N) is 1. The minimum Gasteiger partial charge on any atom is -0.351 e. The molecule has 128 valence electrons. The van der Waals surface area contributed by atoms with Crippen LogP contribution in [0.15, 0.2) is 47.2 Å². The molecule has 0 aliphatic carbocycles. The Kier molecular flexibility index (Phi) is 7.45. The zero-order chi connectivity index (χ0) is 17.2. The van der Waals surface area contributed by atoms with Crippen LogP contribution in [-0.4, -0.2) is 36.3 Å². The number of benzene rings is 1. The smallest absolute Gasteiger partial charge is 0.252 e. The normalized spacial score (nSPS) is 10.4. The lowest BCUT2D eigenvalue weighted by Gasteiger charge is -2.23. The van der Waals surface area contributed by atoms with Crippen LogP contribution >= 0.6 is 11.3 Å². The number of thiophene rings is 1. The van der Waals surface area contributed by atoms with Crippen molar-refractivity contribution in [1.29, 1.82) is 0 Å². The number of rotatable bonds is 9. The zero-order valence-corrected chi connectivity index (χ0v) is 14.4. The molecule has 1 aromatic heterocycles. The lowest BCUT2D eigenvalue weighted by Crippen LogP contribution is -2.35. The van der Waals surface area contributed by atoms with Gasteiger partial charge in [0.2, 0.25) is 5.91 Å². The molecule has 6 heteroatoms. The maximum atomic E-state index is 12.5. The van der Waals surface area contributed by atoms with Crippen molar-refractivity contribution in [3.8, 4) is 0 Å². The van der Waals surface area contributed by atoms with Crippen molar-refractivity contribution in [2.24, 2.45) is 5.73 Å². The van der Waals surface area contributed by atoms with E-state index in [9.17, 15) is 9.59 Å². The molecule has 0 aliphatic rings. The average molecular weight is 345 g/mol. The molecular formula is C18H23N3O2S. The Morgan fingerprint density at radius 1 is 1.17 bits per heavy atom. The number of nitrogens with two attached hydrogens (primary N) is 1. The van der Waals surface area contributed by atoms with Gasteiger partial charge >= 0.3 is 0 Å². The fourth-order valence-corrected chi connectivity index (χ4v) is 2.95. The van der Waals surface area contributed by atoms with Gasteiger partial charge in [0, 0.05) is 37.0 Å². The number of carbonyl (C=O) groups is 2. The van der Waals surface area contributed by atoms with E-state index in [1.54, 1.807) is 16.3 Å². The Morgan fingerprint density at radius 2 is 1.96 bits per heavy atom. The fraction of sp³-hybridized carbons (Fsp3) is 0.333. The molecule has 2 rings (SSSR count). The largest absolute Gasteiger partial charge is 0.351 e. The SMILES string of the molecule is NCCCN(Cc1ccccc1)C(=O)CCNC(=O)c1ccsc1. The van der Waals surface area contributed by atoms with Crippen LogP contribution in [0.1, 0.15) is 28.8 Å². The summed E-state index contributed by atoms with van der Waals surface area (Å²) in [5.74, 6) is -0.112. The summed E-state index contributed by atoms with van der Waals surface area (Å²) in [7, 11) is 0. The van der Waals surface area contributed by atoms with Gasteiger partial charge in [-0.1, -0.05) is 30.3 Å². The van der Waals surface area contributed by atoms with Crippen molar-refractivity contribution in [1.82, 2.24) is 10.2 Å². The predicted molar refractivity (Wildman–Crippen MR) is 96.8 cm³/mol. The van der Waals surface area contributed by atoms with Gasteiger partial charge in [0.15, 0.2) is 0 Å². The first-order valence-electron chi connectivity index (χ1n) is 8.03. The summed E-state index contributed by atoms with van der Waals surface area (Å²) in [6, 6.07) is 11.6. The van der Waals surface area contributed by atoms with E-state index < -0.39 is 0 Å². The van der Waals surface area contributed by atoms with E-state index in [0.717, 1.165) is 12.0 Å². The number of nitrogens with one attached hydrogen (secondary N) is 1. The molecule has 2 aromatic rings. The highest BCUT2D eigenvalue weighted by atomic mass is 32.1. The third-order valence-corrected chi connectivity index (χ3v) is 4.29. The van der Waals surface area contributed by atoms with Crippen LogP contribution < -0.4 is 11.1 Å². The number of hydrogen-bond donors (Lipinski definition) is 2. The van der Waals surface area contributed by atoms with Crippen molar-refractivity contribution >= 4 is 23.2 Å². The van der Waals surface area contributed by atoms with E-state index in [0.29, 0.717) is 31.7 Å². The van der Waals surface area contributed by atoms with Crippen LogP contribution in [0.5, 0.6) is 0 Å². The van der Waals surface area contributed by atoms with Crippen molar-refractivity contribution in [2.45, 2.75) is 19.4 Å². The lowest BCUT2D eigenvalue weighted by atomic mass is 10.2. The van der Waals surface area contributed by atoms with Crippen molar-refractivity contribution in [3.05, 3.63) is 58.3 Å². The van der Waals surface area contributed by atoms with Crippen LogP contribution in [-0.2, 0) is 11.3 Å². The Hall–Kier alpha value is -2.18. The maximum Gasteiger partial charge on any atom is 0.252 e. The second-order valence-corrected chi connectivity index (χ2v) is 6.24. The molecule has 24 heavy (non-hydrogen) atoms. The number of carbonyl (C=O) groups excluding carboxylic acids is 2. The average Bonchev–Trinajstić information content (AvgIpc) is 3.14. The summed E-state index contributed by atoms with van der Waals surface area (Å²) in [5.41, 5.74) is 7.29. The molecule has 5 nitrogen and oxygen atoms in total. The Labute approximate surface area is 146 Å². The van der Waals surface area contributed by atoms with Gasteiger partial charge in [-0.15, -0.1) is 0 Å². The van der Waals surface area contributed by atoms with Crippen LogP contribution in [0.3, 0.4) is 0 Å². The molecule has 1 aromatic carbocycles. The molecule has 0 radical (unpaired) electrons. The monoisotopic (exact) mass is 345 g/mol. The Morgan fingerprint density at radius 3 is 2.62 bits per heavy atom. The lowest BCUT2D eigenvalue weighted by molar-refractivity contribution is -0.131. The third-order valence-electron chi connectivity index (χ3n) is 3.61. The minimum atomic E-state index is -0.138. The van der Waals surface area contributed by atoms with E-state index >= 15 is 0 Å². The van der Waals surface area contributed by atoms with Crippen LogP contribution in [0, 0.1) is 0 Å².